The van der Waals surface area contributed by atoms with Crippen LogP contribution in [0.4, 0.5) is 11.4 Å². The molecule has 0 unspecified atom stereocenters. The van der Waals surface area contributed by atoms with E-state index in [2.05, 4.69) is 16.7 Å². The van der Waals surface area contributed by atoms with E-state index in [4.69, 9.17) is 19.5 Å². The Morgan fingerprint density at radius 1 is 1.03 bits per heavy atom. The van der Waals surface area contributed by atoms with Crippen molar-refractivity contribution in [2.75, 3.05) is 30.4 Å². The van der Waals surface area contributed by atoms with Crippen LogP contribution in [-0.2, 0) is 4.79 Å². The van der Waals surface area contributed by atoms with Gasteiger partial charge in [0.15, 0.2) is 11.5 Å². The van der Waals surface area contributed by atoms with Crippen LogP contribution in [0.1, 0.15) is 33.3 Å². The first kappa shape index (κ1) is 21.9. The predicted molar refractivity (Wildman–Crippen MR) is 113 cm³/mol. The van der Waals surface area contributed by atoms with Gasteiger partial charge in [0.2, 0.25) is 5.91 Å². The number of benzene rings is 2. The molecular formula is C22H27N3O4. The molecule has 0 atom stereocenters. The van der Waals surface area contributed by atoms with Gasteiger partial charge in [0.1, 0.15) is 5.75 Å². The molecule has 154 valence electrons. The molecule has 29 heavy (non-hydrogen) atoms. The summed E-state index contributed by atoms with van der Waals surface area (Å²) in [4.78, 5) is 12.4. The molecule has 2 aromatic rings. The van der Waals surface area contributed by atoms with Gasteiger partial charge in [0.25, 0.3) is 0 Å². The third-order valence-corrected chi connectivity index (χ3v) is 3.74. The minimum Gasteiger partial charge on any atom is -0.490 e. The summed E-state index contributed by atoms with van der Waals surface area (Å²) in [5.41, 5.74) is 1.68. The van der Waals surface area contributed by atoms with E-state index in [0.29, 0.717) is 47.4 Å². The molecule has 0 aromatic heterocycles. The molecule has 0 fully saturated rings. The third-order valence-electron chi connectivity index (χ3n) is 3.74. The molecule has 0 aliphatic heterocycles. The minimum atomic E-state index is -0.241. The highest BCUT2D eigenvalue weighted by Crippen LogP contribution is 2.31. The van der Waals surface area contributed by atoms with Crippen LogP contribution < -0.4 is 24.8 Å². The van der Waals surface area contributed by atoms with Crippen molar-refractivity contribution in [1.82, 2.24) is 0 Å². The summed E-state index contributed by atoms with van der Waals surface area (Å²) in [5, 5.41) is 15.0. The van der Waals surface area contributed by atoms with Crippen molar-refractivity contribution in [1.29, 1.82) is 5.26 Å². The smallest absolute Gasteiger partial charge is 0.243 e. The minimum absolute atomic E-state index is 0.0144. The molecule has 7 heteroatoms. The second kappa shape index (κ2) is 10.8. The summed E-state index contributed by atoms with van der Waals surface area (Å²) in [5.74, 6) is 1.56. The third kappa shape index (κ3) is 6.61. The van der Waals surface area contributed by atoms with Gasteiger partial charge in [-0.3, -0.25) is 4.79 Å². The van der Waals surface area contributed by atoms with Crippen LogP contribution in [0.25, 0.3) is 0 Å². The maximum atomic E-state index is 12.4. The molecule has 1 amide bonds. The molecule has 0 saturated carbocycles. The standard InChI is InChI=1S/C22H27N3O4/c1-5-27-20-10-8-17(12-21(20)28-6-2)25-22(26)14-24-18-11-16(13-23)7-9-19(18)29-15(3)4/h7-12,15,24H,5-6,14H2,1-4H3,(H,25,26). The van der Waals surface area contributed by atoms with Gasteiger partial charge in [-0.25, -0.2) is 0 Å². The fraction of sp³-hybridized carbons (Fsp3) is 0.364. The average Bonchev–Trinajstić information content (AvgIpc) is 2.69. The van der Waals surface area contributed by atoms with Crippen LogP contribution in [0.5, 0.6) is 17.2 Å². The lowest BCUT2D eigenvalue weighted by Crippen LogP contribution is -2.22. The van der Waals surface area contributed by atoms with Crippen LogP contribution in [0.3, 0.4) is 0 Å². The van der Waals surface area contributed by atoms with Gasteiger partial charge >= 0.3 is 0 Å². The van der Waals surface area contributed by atoms with Crippen LogP contribution >= 0.6 is 0 Å². The zero-order valence-electron chi connectivity index (χ0n) is 17.2. The van der Waals surface area contributed by atoms with Gasteiger partial charge in [-0.2, -0.15) is 5.26 Å². The van der Waals surface area contributed by atoms with E-state index < -0.39 is 0 Å². The number of carbonyl (C=O) groups is 1. The first-order valence-corrected chi connectivity index (χ1v) is 9.61. The van der Waals surface area contributed by atoms with Gasteiger partial charge in [0, 0.05) is 11.8 Å². The van der Waals surface area contributed by atoms with Crippen molar-refractivity contribution in [2.24, 2.45) is 0 Å². The second-order valence-corrected chi connectivity index (χ2v) is 6.42. The molecule has 0 radical (unpaired) electrons. The lowest BCUT2D eigenvalue weighted by molar-refractivity contribution is -0.114. The lowest BCUT2D eigenvalue weighted by atomic mass is 10.2. The maximum Gasteiger partial charge on any atom is 0.243 e. The summed E-state index contributed by atoms with van der Waals surface area (Å²) in [6.07, 6.45) is -0.0295. The van der Waals surface area contributed by atoms with E-state index in [1.54, 1.807) is 36.4 Å². The Morgan fingerprint density at radius 3 is 2.38 bits per heavy atom. The van der Waals surface area contributed by atoms with Crippen molar-refractivity contribution < 1.29 is 19.0 Å². The second-order valence-electron chi connectivity index (χ2n) is 6.42. The van der Waals surface area contributed by atoms with Crippen molar-refractivity contribution >= 4 is 17.3 Å². The molecular weight excluding hydrogens is 370 g/mol. The molecule has 0 aliphatic rings. The van der Waals surface area contributed by atoms with Crippen LogP contribution in [-0.4, -0.2) is 31.8 Å². The van der Waals surface area contributed by atoms with E-state index in [0.717, 1.165) is 0 Å². The number of nitriles is 1. The average molecular weight is 397 g/mol. The first-order chi connectivity index (χ1) is 14.0. The van der Waals surface area contributed by atoms with E-state index in [1.165, 1.54) is 0 Å². The highest BCUT2D eigenvalue weighted by atomic mass is 16.5. The largest absolute Gasteiger partial charge is 0.490 e. The van der Waals surface area contributed by atoms with Gasteiger partial charge in [-0.15, -0.1) is 0 Å². The number of hydrogen-bond donors (Lipinski definition) is 2. The van der Waals surface area contributed by atoms with Crippen LogP contribution in [0.2, 0.25) is 0 Å². The zero-order chi connectivity index (χ0) is 21.2. The van der Waals surface area contributed by atoms with Gasteiger partial charge in [-0.1, -0.05) is 0 Å². The molecule has 2 aromatic carbocycles. The van der Waals surface area contributed by atoms with Gasteiger partial charge < -0.3 is 24.8 Å². The summed E-state index contributed by atoms with van der Waals surface area (Å²) in [6.45, 7) is 8.64. The van der Waals surface area contributed by atoms with E-state index in [9.17, 15) is 4.79 Å². The van der Waals surface area contributed by atoms with Gasteiger partial charge in [0.05, 0.1) is 43.2 Å². The predicted octanol–water partition coefficient (Wildman–Crippen LogP) is 4.19. The molecule has 0 spiro atoms. The fourth-order valence-electron chi connectivity index (χ4n) is 2.60. The number of nitrogens with zero attached hydrogens (tertiary/aromatic N) is 1. The monoisotopic (exact) mass is 397 g/mol. The SMILES string of the molecule is CCOc1ccc(NC(=O)CNc2cc(C#N)ccc2OC(C)C)cc1OCC. The number of amides is 1. The Morgan fingerprint density at radius 2 is 1.72 bits per heavy atom. The highest BCUT2D eigenvalue weighted by Gasteiger charge is 2.11. The lowest BCUT2D eigenvalue weighted by Gasteiger charge is -2.16. The topological polar surface area (TPSA) is 92.6 Å². The Balaban J connectivity index is 2.06. The first-order valence-electron chi connectivity index (χ1n) is 9.61. The van der Waals surface area contributed by atoms with E-state index in [1.807, 2.05) is 27.7 Å². The molecule has 0 saturated heterocycles. The number of ether oxygens (including phenoxy) is 3. The molecule has 2 rings (SSSR count). The van der Waals surface area contributed by atoms with Crippen molar-refractivity contribution in [3.8, 4) is 23.3 Å². The van der Waals surface area contributed by atoms with E-state index in [-0.39, 0.29) is 18.6 Å². The van der Waals surface area contributed by atoms with Crippen LogP contribution in [0.15, 0.2) is 36.4 Å². The number of anilines is 2. The highest BCUT2D eigenvalue weighted by molar-refractivity contribution is 5.94. The Hall–Kier alpha value is -3.40. The quantitative estimate of drug-likeness (QED) is 0.624. The molecule has 7 nitrogen and oxygen atoms in total. The Bertz CT molecular complexity index is 875. The van der Waals surface area contributed by atoms with E-state index >= 15 is 0 Å². The number of carbonyl (C=O) groups excluding carboxylic acids is 1. The molecule has 0 aliphatic carbocycles. The number of hydrogen-bond acceptors (Lipinski definition) is 6. The maximum absolute atomic E-state index is 12.4. The number of rotatable bonds is 10. The summed E-state index contributed by atoms with van der Waals surface area (Å²) >= 11 is 0. The van der Waals surface area contributed by atoms with Crippen LogP contribution in [0, 0.1) is 11.3 Å². The van der Waals surface area contributed by atoms with Crippen molar-refractivity contribution in [3.63, 3.8) is 0 Å². The van der Waals surface area contributed by atoms with Gasteiger partial charge in [-0.05, 0) is 58.0 Å². The zero-order valence-corrected chi connectivity index (χ0v) is 17.2. The molecule has 0 heterocycles. The number of nitrogens with one attached hydrogen (secondary N) is 2. The summed E-state index contributed by atoms with van der Waals surface area (Å²) in [7, 11) is 0. The molecule has 0 bridgehead atoms. The summed E-state index contributed by atoms with van der Waals surface area (Å²) in [6, 6.07) is 12.4. The molecule has 2 N–H and O–H groups in total. The normalized spacial score (nSPS) is 10.2. The summed E-state index contributed by atoms with van der Waals surface area (Å²) < 4.78 is 16.9. The van der Waals surface area contributed by atoms with Crippen molar-refractivity contribution in [2.45, 2.75) is 33.8 Å². The Kier molecular flexibility index (Phi) is 8.16. The fourth-order valence-corrected chi connectivity index (χ4v) is 2.60. The van der Waals surface area contributed by atoms with Crippen molar-refractivity contribution in [3.05, 3.63) is 42.0 Å². The Labute approximate surface area is 171 Å².